The van der Waals surface area contributed by atoms with Crippen LogP contribution in [0.4, 0.5) is 0 Å². The highest BCUT2D eigenvalue weighted by Gasteiger charge is 2.07. The minimum Gasteiger partial charge on any atom is -0.483 e. The first-order valence-electron chi connectivity index (χ1n) is 5.95. The van der Waals surface area contributed by atoms with Crippen LogP contribution in [0.3, 0.4) is 0 Å². The Kier molecular flexibility index (Phi) is 6.75. The number of ether oxygens (including phenoxy) is 1. The van der Waals surface area contributed by atoms with Gasteiger partial charge in [-0.3, -0.25) is 4.79 Å². The molecule has 18 heavy (non-hydrogen) atoms. The van der Waals surface area contributed by atoms with Crippen LogP contribution in [-0.4, -0.2) is 30.3 Å². The summed E-state index contributed by atoms with van der Waals surface area (Å²) < 4.78 is 6.16. The fourth-order valence-corrected chi connectivity index (χ4v) is 1.82. The molecule has 0 radical (unpaired) electrons. The first kappa shape index (κ1) is 15.0. The predicted molar refractivity (Wildman–Crippen MR) is 73.6 cm³/mol. The summed E-state index contributed by atoms with van der Waals surface area (Å²) in [7, 11) is 0. The number of rotatable bonds is 7. The molecule has 0 aliphatic carbocycles. The van der Waals surface area contributed by atoms with Gasteiger partial charge < -0.3 is 15.2 Å². The highest BCUT2D eigenvalue weighted by atomic mass is 79.9. The van der Waals surface area contributed by atoms with E-state index in [-0.39, 0.29) is 19.1 Å². The molecule has 0 aliphatic rings. The van der Waals surface area contributed by atoms with Gasteiger partial charge in [-0.25, -0.2) is 0 Å². The maximum absolute atomic E-state index is 11.5. The van der Waals surface area contributed by atoms with Gasteiger partial charge in [0.2, 0.25) is 0 Å². The lowest BCUT2D eigenvalue weighted by Crippen LogP contribution is -2.35. The number of carbonyl (C=O) groups excluding carboxylic acids is 1. The Morgan fingerprint density at radius 2 is 2.22 bits per heavy atom. The van der Waals surface area contributed by atoms with Crippen molar-refractivity contribution in [3.05, 3.63) is 28.7 Å². The number of carbonyl (C=O) groups is 1. The Bertz CT molecular complexity index is 384. The van der Waals surface area contributed by atoms with Crippen molar-refractivity contribution >= 4 is 21.8 Å². The van der Waals surface area contributed by atoms with Gasteiger partial charge in [-0.15, -0.1) is 0 Å². The quantitative estimate of drug-likeness (QED) is 0.810. The summed E-state index contributed by atoms with van der Waals surface area (Å²) in [6, 6.07) is 7.34. The van der Waals surface area contributed by atoms with Crippen LogP contribution in [0, 0.1) is 0 Å². The number of amides is 1. The first-order valence-corrected chi connectivity index (χ1v) is 6.75. The number of aliphatic hydroxyl groups is 1. The van der Waals surface area contributed by atoms with Gasteiger partial charge in [-0.1, -0.05) is 25.5 Å². The van der Waals surface area contributed by atoms with Crippen molar-refractivity contribution in [2.75, 3.05) is 13.2 Å². The number of benzene rings is 1. The van der Waals surface area contributed by atoms with Gasteiger partial charge in [-0.05, 0) is 34.5 Å². The molecule has 1 atom stereocenters. The molecule has 2 N–H and O–H groups in total. The molecule has 1 aromatic rings. The van der Waals surface area contributed by atoms with Gasteiger partial charge in [0.25, 0.3) is 5.91 Å². The lowest BCUT2D eigenvalue weighted by atomic mass is 10.2. The summed E-state index contributed by atoms with van der Waals surface area (Å²) in [5.41, 5.74) is 0. The second kappa shape index (κ2) is 8.11. The third-order valence-electron chi connectivity index (χ3n) is 2.35. The topological polar surface area (TPSA) is 58.6 Å². The Balaban J connectivity index is 2.27. The summed E-state index contributed by atoms with van der Waals surface area (Å²) in [5.74, 6) is 0.391. The Labute approximate surface area is 115 Å². The van der Waals surface area contributed by atoms with E-state index >= 15 is 0 Å². The van der Waals surface area contributed by atoms with E-state index in [1.54, 1.807) is 6.07 Å². The zero-order chi connectivity index (χ0) is 13.4. The minimum absolute atomic E-state index is 0.0541. The van der Waals surface area contributed by atoms with Crippen molar-refractivity contribution < 1.29 is 14.6 Å². The summed E-state index contributed by atoms with van der Waals surface area (Å²) >= 11 is 3.33. The molecule has 0 heterocycles. The number of halogens is 1. The van der Waals surface area contributed by atoms with E-state index in [1.165, 1.54) is 0 Å². The fourth-order valence-electron chi connectivity index (χ4n) is 1.42. The molecular formula is C13H18BrNO3. The third kappa shape index (κ3) is 5.51. The molecule has 1 unspecified atom stereocenters. The monoisotopic (exact) mass is 315 g/mol. The molecule has 4 nitrogen and oxygen atoms in total. The molecule has 1 aromatic carbocycles. The highest BCUT2D eigenvalue weighted by Crippen LogP contribution is 2.23. The molecule has 5 heteroatoms. The number of aliphatic hydroxyl groups excluding tert-OH is 1. The number of hydrogen-bond acceptors (Lipinski definition) is 3. The van der Waals surface area contributed by atoms with Crippen LogP contribution in [0.15, 0.2) is 28.7 Å². The van der Waals surface area contributed by atoms with Crippen LogP contribution >= 0.6 is 15.9 Å². The van der Waals surface area contributed by atoms with Gasteiger partial charge in [0.1, 0.15) is 5.75 Å². The predicted octanol–water partition coefficient (Wildman–Crippen LogP) is 2.11. The lowest BCUT2D eigenvalue weighted by molar-refractivity contribution is -0.123. The normalized spacial score (nSPS) is 11.9. The van der Waals surface area contributed by atoms with E-state index in [1.807, 2.05) is 25.1 Å². The Hall–Kier alpha value is -1.07. The van der Waals surface area contributed by atoms with Crippen LogP contribution in [-0.2, 0) is 4.79 Å². The van der Waals surface area contributed by atoms with E-state index in [4.69, 9.17) is 4.74 Å². The molecule has 0 bridgehead atoms. The smallest absolute Gasteiger partial charge is 0.258 e. The maximum atomic E-state index is 11.5. The standard InChI is InChI=1S/C13H18BrNO3/c1-2-5-10(16)8-15-13(17)9-18-12-7-4-3-6-11(12)14/h3-4,6-7,10,16H,2,5,8-9H2,1H3,(H,15,17). The lowest BCUT2D eigenvalue weighted by Gasteiger charge is -2.11. The molecule has 0 aromatic heterocycles. The van der Waals surface area contributed by atoms with Crippen molar-refractivity contribution in [2.24, 2.45) is 0 Å². The van der Waals surface area contributed by atoms with Crippen molar-refractivity contribution in [2.45, 2.75) is 25.9 Å². The summed E-state index contributed by atoms with van der Waals surface area (Å²) in [6.45, 7) is 2.20. The van der Waals surface area contributed by atoms with Crippen LogP contribution in [0.25, 0.3) is 0 Å². The van der Waals surface area contributed by atoms with E-state index < -0.39 is 6.10 Å². The van der Waals surface area contributed by atoms with Gasteiger partial charge in [0, 0.05) is 6.54 Å². The van der Waals surface area contributed by atoms with Crippen molar-refractivity contribution in [1.29, 1.82) is 0 Å². The number of hydrogen-bond donors (Lipinski definition) is 2. The number of para-hydroxylation sites is 1. The Morgan fingerprint density at radius 3 is 2.89 bits per heavy atom. The largest absolute Gasteiger partial charge is 0.483 e. The molecule has 0 saturated heterocycles. The van der Waals surface area contributed by atoms with Crippen molar-refractivity contribution in [1.82, 2.24) is 5.32 Å². The molecule has 100 valence electrons. The van der Waals surface area contributed by atoms with Gasteiger partial charge >= 0.3 is 0 Å². The van der Waals surface area contributed by atoms with Crippen LogP contribution < -0.4 is 10.1 Å². The average Bonchev–Trinajstić information content (AvgIpc) is 2.36. The molecule has 1 amide bonds. The third-order valence-corrected chi connectivity index (χ3v) is 3.01. The molecule has 1 rings (SSSR count). The van der Waals surface area contributed by atoms with Crippen LogP contribution in [0.5, 0.6) is 5.75 Å². The van der Waals surface area contributed by atoms with E-state index in [2.05, 4.69) is 21.2 Å². The highest BCUT2D eigenvalue weighted by molar-refractivity contribution is 9.10. The summed E-state index contributed by atoms with van der Waals surface area (Å²) in [6.07, 6.45) is 1.10. The van der Waals surface area contributed by atoms with Crippen molar-refractivity contribution in [3.63, 3.8) is 0 Å². The first-order chi connectivity index (χ1) is 8.63. The van der Waals surface area contributed by atoms with Gasteiger partial charge in [0.05, 0.1) is 10.6 Å². The summed E-state index contributed by atoms with van der Waals surface area (Å²) in [5, 5.41) is 12.1. The van der Waals surface area contributed by atoms with Gasteiger partial charge in [0.15, 0.2) is 6.61 Å². The second-order valence-corrected chi connectivity index (χ2v) is 4.82. The molecule has 0 aliphatic heterocycles. The fraction of sp³-hybridized carbons (Fsp3) is 0.462. The molecular weight excluding hydrogens is 298 g/mol. The van der Waals surface area contributed by atoms with Crippen LogP contribution in [0.1, 0.15) is 19.8 Å². The van der Waals surface area contributed by atoms with Crippen molar-refractivity contribution in [3.8, 4) is 5.75 Å². The Morgan fingerprint density at radius 1 is 1.50 bits per heavy atom. The van der Waals surface area contributed by atoms with Crippen LogP contribution in [0.2, 0.25) is 0 Å². The average molecular weight is 316 g/mol. The summed E-state index contributed by atoms with van der Waals surface area (Å²) in [4.78, 5) is 11.5. The number of nitrogens with one attached hydrogen (secondary N) is 1. The van der Waals surface area contributed by atoms with E-state index in [0.29, 0.717) is 12.2 Å². The van der Waals surface area contributed by atoms with E-state index in [9.17, 15) is 9.90 Å². The SMILES string of the molecule is CCCC(O)CNC(=O)COc1ccccc1Br. The minimum atomic E-state index is -0.484. The zero-order valence-electron chi connectivity index (χ0n) is 10.4. The zero-order valence-corrected chi connectivity index (χ0v) is 11.9. The second-order valence-electron chi connectivity index (χ2n) is 3.97. The molecule has 0 saturated carbocycles. The van der Waals surface area contributed by atoms with E-state index in [0.717, 1.165) is 10.9 Å². The van der Waals surface area contributed by atoms with Gasteiger partial charge in [-0.2, -0.15) is 0 Å². The maximum Gasteiger partial charge on any atom is 0.258 e. The molecule has 0 spiro atoms. The molecule has 0 fully saturated rings.